The van der Waals surface area contributed by atoms with Crippen LogP contribution in [0.3, 0.4) is 0 Å². The lowest BCUT2D eigenvalue weighted by atomic mass is 10.2. The Morgan fingerprint density at radius 3 is 2.73 bits per heavy atom. The number of likely N-dealkylation sites (tertiary alicyclic amines) is 1. The Morgan fingerprint density at radius 2 is 2.00 bits per heavy atom. The van der Waals surface area contributed by atoms with E-state index < -0.39 is 0 Å². The number of nitrogen functional groups attached to an aromatic ring is 1. The van der Waals surface area contributed by atoms with Gasteiger partial charge in [0.25, 0.3) is 0 Å². The standard InChI is InChI=1S/C14H16BrN5OS/c15-11-6-2-1-5-10(11)13-17-18-14(20(13)16)22-9-12(21)19-7-3-4-8-19/h1-2,5-6H,3-4,7-9,16H2. The Hall–Kier alpha value is -1.54. The first-order chi connectivity index (χ1) is 10.7. The highest BCUT2D eigenvalue weighted by atomic mass is 79.9. The van der Waals surface area contributed by atoms with Crippen LogP contribution in [0.1, 0.15) is 12.8 Å². The maximum atomic E-state index is 12.1. The molecule has 1 aliphatic rings. The second-order valence-electron chi connectivity index (χ2n) is 5.03. The lowest BCUT2D eigenvalue weighted by Crippen LogP contribution is -2.29. The van der Waals surface area contributed by atoms with Gasteiger partial charge in [0.2, 0.25) is 11.1 Å². The fraction of sp³-hybridized carbons (Fsp3) is 0.357. The summed E-state index contributed by atoms with van der Waals surface area (Å²) in [6, 6.07) is 7.68. The molecule has 0 spiro atoms. The van der Waals surface area contributed by atoms with Crippen molar-refractivity contribution >= 4 is 33.6 Å². The van der Waals surface area contributed by atoms with Gasteiger partial charge in [0.1, 0.15) is 0 Å². The van der Waals surface area contributed by atoms with Crippen LogP contribution in [0.25, 0.3) is 11.4 Å². The number of nitrogens with zero attached hydrogens (tertiary/aromatic N) is 4. The van der Waals surface area contributed by atoms with E-state index >= 15 is 0 Å². The first-order valence-electron chi connectivity index (χ1n) is 7.03. The normalized spacial score (nSPS) is 14.5. The monoisotopic (exact) mass is 381 g/mol. The zero-order valence-electron chi connectivity index (χ0n) is 11.9. The third-order valence-corrected chi connectivity index (χ3v) is 5.18. The minimum absolute atomic E-state index is 0.132. The lowest BCUT2D eigenvalue weighted by molar-refractivity contribution is -0.127. The molecule has 0 aliphatic carbocycles. The van der Waals surface area contributed by atoms with E-state index in [0.29, 0.717) is 16.7 Å². The summed E-state index contributed by atoms with van der Waals surface area (Å²) in [5.41, 5.74) is 0.871. The lowest BCUT2D eigenvalue weighted by Gasteiger charge is -2.14. The predicted molar refractivity (Wildman–Crippen MR) is 89.8 cm³/mol. The Morgan fingerprint density at radius 1 is 1.27 bits per heavy atom. The molecule has 0 atom stereocenters. The molecule has 2 aromatic rings. The molecule has 1 aromatic carbocycles. The van der Waals surface area contributed by atoms with Crippen LogP contribution in [0.2, 0.25) is 0 Å². The van der Waals surface area contributed by atoms with Crippen molar-refractivity contribution in [1.29, 1.82) is 0 Å². The minimum Gasteiger partial charge on any atom is -0.342 e. The van der Waals surface area contributed by atoms with Crippen LogP contribution in [0.15, 0.2) is 33.9 Å². The minimum atomic E-state index is 0.132. The van der Waals surface area contributed by atoms with Crippen LogP contribution in [0.4, 0.5) is 0 Å². The Balaban J connectivity index is 1.71. The molecule has 1 aliphatic heterocycles. The van der Waals surface area contributed by atoms with Crippen LogP contribution >= 0.6 is 27.7 Å². The molecule has 0 saturated carbocycles. The second-order valence-corrected chi connectivity index (χ2v) is 6.83. The van der Waals surface area contributed by atoms with E-state index in [-0.39, 0.29) is 5.91 Å². The molecule has 1 saturated heterocycles. The van der Waals surface area contributed by atoms with Gasteiger partial charge in [-0.3, -0.25) is 4.79 Å². The number of benzene rings is 1. The summed E-state index contributed by atoms with van der Waals surface area (Å²) in [7, 11) is 0. The summed E-state index contributed by atoms with van der Waals surface area (Å²) < 4.78 is 2.33. The van der Waals surface area contributed by atoms with E-state index in [0.717, 1.165) is 36.0 Å². The van der Waals surface area contributed by atoms with Crippen molar-refractivity contribution in [1.82, 2.24) is 19.8 Å². The van der Waals surface area contributed by atoms with Gasteiger partial charge in [-0.25, -0.2) is 4.68 Å². The summed E-state index contributed by atoms with van der Waals surface area (Å²) >= 11 is 4.80. The maximum absolute atomic E-state index is 12.1. The van der Waals surface area contributed by atoms with Gasteiger partial charge in [-0.05, 0) is 25.0 Å². The molecule has 116 valence electrons. The van der Waals surface area contributed by atoms with Gasteiger partial charge in [-0.1, -0.05) is 39.8 Å². The number of nitrogens with two attached hydrogens (primary N) is 1. The first-order valence-corrected chi connectivity index (χ1v) is 8.80. The molecule has 1 fully saturated rings. The summed E-state index contributed by atoms with van der Waals surface area (Å²) in [6.45, 7) is 1.72. The number of thioether (sulfide) groups is 1. The molecule has 6 nitrogen and oxygen atoms in total. The van der Waals surface area contributed by atoms with Crippen molar-refractivity contribution in [3.63, 3.8) is 0 Å². The van der Waals surface area contributed by atoms with Gasteiger partial charge in [0, 0.05) is 23.1 Å². The van der Waals surface area contributed by atoms with Gasteiger partial charge >= 0.3 is 0 Å². The quantitative estimate of drug-likeness (QED) is 0.648. The molecule has 0 radical (unpaired) electrons. The number of carbonyl (C=O) groups excluding carboxylic acids is 1. The highest BCUT2D eigenvalue weighted by Crippen LogP contribution is 2.28. The SMILES string of the molecule is Nn1c(SCC(=O)N2CCCC2)nnc1-c1ccccc1Br. The fourth-order valence-corrected chi connectivity index (χ4v) is 3.61. The molecule has 1 aromatic heterocycles. The van der Waals surface area contributed by atoms with Gasteiger partial charge in [0.15, 0.2) is 5.82 Å². The number of carbonyl (C=O) groups is 1. The zero-order valence-corrected chi connectivity index (χ0v) is 14.3. The Labute approximate surface area is 141 Å². The van der Waals surface area contributed by atoms with Crippen LogP contribution in [0, 0.1) is 0 Å². The van der Waals surface area contributed by atoms with Crippen LogP contribution in [0.5, 0.6) is 0 Å². The largest absolute Gasteiger partial charge is 0.342 e. The zero-order chi connectivity index (χ0) is 15.5. The topological polar surface area (TPSA) is 77.0 Å². The number of hydrogen-bond donors (Lipinski definition) is 1. The average Bonchev–Trinajstić information content (AvgIpc) is 3.16. The maximum Gasteiger partial charge on any atom is 0.233 e. The van der Waals surface area contributed by atoms with E-state index in [9.17, 15) is 4.79 Å². The smallest absolute Gasteiger partial charge is 0.233 e. The second kappa shape index (κ2) is 6.70. The van der Waals surface area contributed by atoms with Crippen molar-refractivity contribution in [2.24, 2.45) is 0 Å². The van der Waals surface area contributed by atoms with E-state index in [1.165, 1.54) is 16.4 Å². The summed E-state index contributed by atoms with van der Waals surface area (Å²) in [4.78, 5) is 13.9. The van der Waals surface area contributed by atoms with Crippen molar-refractivity contribution in [2.75, 3.05) is 24.7 Å². The van der Waals surface area contributed by atoms with Gasteiger partial charge in [-0.2, -0.15) is 0 Å². The fourth-order valence-electron chi connectivity index (χ4n) is 2.39. The van der Waals surface area contributed by atoms with Crippen LogP contribution in [-0.2, 0) is 4.79 Å². The van der Waals surface area contributed by atoms with Crippen molar-refractivity contribution in [2.45, 2.75) is 18.0 Å². The molecule has 2 heterocycles. The van der Waals surface area contributed by atoms with Crippen molar-refractivity contribution in [3.05, 3.63) is 28.7 Å². The molecule has 1 amide bonds. The van der Waals surface area contributed by atoms with Crippen molar-refractivity contribution < 1.29 is 4.79 Å². The number of aromatic nitrogens is 3. The summed E-state index contributed by atoms with van der Waals surface area (Å²) in [5, 5.41) is 8.77. The first kappa shape index (κ1) is 15.4. The Bertz CT molecular complexity index is 684. The molecule has 22 heavy (non-hydrogen) atoms. The number of rotatable bonds is 4. The predicted octanol–water partition coefficient (Wildman–Crippen LogP) is 2.14. The van der Waals surface area contributed by atoms with Crippen LogP contribution in [-0.4, -0.2) is 44.5 Å². The van der Waals surface area contributed by atoms with Gasteiger partial charge in [-0.15, -0.1) is 10.2 Å². The van der Waals surface area contributed by atoms with Gasteiger partial charge in [0.05, 0.1) is 5.75 Å². The third kappa shape index (κ3) is 3.12. The highest BCUT2D eigenvalue weighted by Gasteiger charge is 2.20. The highest BCUT2D eigenvalue weighted by molar-refractivity contribution is 9.10. The molecule has 0 bridgehead atoms. The van der Waals surface area contributed by atoms with E-state index in [1.807, 2.05) is 29.2 Å². The van der Waals surface area contributed by atoms with Crippen molar-refractivity contribution in [3.8, 4) is 11.4 Å². The van der Waals surface area contributed by atoms with Crippen LogP contribution < -0.4 is 5.84 Å². The van der Waals surface area contributed by atoms with E-state index in [4.69, 9.17) is 5.84 Å². The van der Waals surface area contributed by atoms with Gasteiger partial charge < -0.3 is 10.7 Å². The number of hydrogen-bond acceptors (Lipinski definition) is 5. The van der Waals surface area contributed by atoms with E-state index in [2.05, 4.69) is 26.1 Å². The Kier molecular flexibility index (Phi) is 4.68. The number of halogens is 1. The molecule has 8 heteroatoms. The summed E-state index contributed by atoms with van der Waals surface area (Å²) in [6.07, 6.45) is 2.19. The molecule has 2 N–H and O–H groups in total. The molecule has 3 rings (SSSR count). The third-order valence-electron chi connectivity index (χ3n) is 3.56. The average molecular weight is 382 g/mol. The molecular weight excluding hydrogens is 366 g/mol. The number of amides is 1. The van der Waals surface area contributed by atoms with E-state index in [1.54, 1.807) is 0 Å². The molecular formula is C14H16BrN5OS. The summed E-state index contributed by atoms with van der Waals surface area (Å²) in [5.74, 6) is 7.11. The molecule has 0 unspecified atom stereocenters.